The molecule has 5 nitrogen and oxygen atoms in total. The fourth-order valence-electron chi connectivity index (χ4n) is 2.79. The van der Waals surface area contributed by atoms with Crippen molar-refractivity contribution in [3.05, 3.63) is 97.0 Å². The van der Waals surface area contributed by atoms with Crippen molar-refractivity contribution in [2.75, 3.05) is 0 Å². The molecule has 0 spiro atoms. The van der Waals surface area contributed by atoms with Gasteiger partial charge in [0.05, 0.1) is 10.7 Å². The van der Waals surface area contributed by atoms with Gasteiger partial charge >= 0.3 is 11.9 Å². The number of alkyl halides is 3. The molecule has 1 heterocycles. The van der Waals surface area contributed by atoms with E-state index in [-0.39, 0.29) is 31.5 Å². The minimum atomic E-state index is -4.96. The van der Waals surface area contributed by atoms with E-state index in [1.165, 1.54) is 0 Å². The molecule has 2 aromatic carbocycles. The van der Waals surface area contributed by atoms with Crippen molar-refractivity contribution in [2.24, 2.45) is 7.05 Å². The third-order valence-electron chi connectivity index (χ3n) is 4.32. The average molecular weight is 473 g/mol. The molecule has 0 N–H and O–H groups in total. The molecule has 31 heavy (non-hydrogen) atoms. The second-order valence-electron chi connectivity index (χ2n) is 6.39. The first kappa shape index (κ1) is 22.8. The second kappa shape index (κ2) is 8.72. The van der Waals surface area contributed by atoms with Crippen molar-refractivity contribution in [1.82, 2.24) is 9.13 Å². The molecular formula is C20H13ClF4N2O3S. The first-order valence-corrected chi connectivity index (χ1v) is 9.98. The molecule has 0 amide bonds. The number of carbonyl (C=O) groups excluding carboxylic acids is 1. The zero-order valence-electron chi connectivity index (χ0n) is 15.7. The molecule has 3 aromatic rings. The van der Waals surface area contributed by atoms with Crippen molar-refractivity contribution in [1.29, 1.82) is 0 Å². The summed E-state index contributed by atoms with van der Waals surface area (Å²) in [4.78, 5) is 37.3. The van der Waals surface area contributed by atoms with E-state index in [9.17, 15) is 31.9 Å². The van der Waals surface area contributed by atoms with E-state index < -0.39 is 39.7 Å². The second-order valence-corrected chi connectivity index (χ2v) is 7.74. The van der Waals surface area contributed by atoms with Crippen LogP contribution in [-0.4, -0.2) is 14.2 Å². The lowest BCUT2D eigenvalue weighted by molar-refractivity contribution is -0.144. The third kappa shape index (κ3) is 4.75. The third-order valence-corrected chi connectivity index (χ3v) is 5.59. The summed E-state index contributed by atoms with van der Waals surface area (Å²) < 4.78 is 54.0. The van der Waals surface area contributed by atoms with E-state index in [2.05, 4.69) is 0 Å². The van der Waals surface area contributed by atoms with Gasteiger partial charge in [-0.05, 0) is 17.7 Å². The van der Waals surface area contributed by atoms with Gasteiger partial charge in [0.25, 0.3) is 5.56 Å². The number of aromatic nitrogens is 2. The Morgan fingerprint density at radius 3 is 2.35 bits per heavy atom. The minimum Gasteiger partial charge on any atom is -0.292 e. The number of thioether (sulfide) groups is 1. The molecule has 0 bridgehead atoms. The molecule has 0 unspecified atom stereocenters. The Hall–Kier alpha value is -2.85. The number of halogens is 5. The number of nitrogens with zero attached hydrogens (tertiary/aromatic N) is 2. The van der Waals surface area contributed by atoms with Crippen LogP contribution in [-0.2, 0) is 19.0 Å². The zero-order valence-corrected chi connectivity index (χ0v) is 17.3. The maximum absolute atomic E-state index is 14.5. The Balaban J connectivity index is 2.06. The Morgan fingerprint density at radius 1 is 1.10 bits per heavy atom. The molecule has 3 rings (SSSR count). The van der Waals surface area contributed by atoms with Gasteiger partial charge in [-0.2, -0.15) is 13.2 Å². The minimum absolute atomic E-state index is 0.182. The summed E-state index contributed by atoms with van der Waals surface area (Å²) in [5.74, 6) is -0.862. The van der Waals surface area contributed by atoms with E-state index in [1.54, 1.807) is 30.3 Å². The van der Waals surface area contributed by atoms with Gasteiger partial charge < -0.3 is 0 Å². The molecule has 0 atom stereocenters. The largest absolute Gasteiger partial charge is 0.431 e. The van der Waals surface area contributed by atoms with E-state index in [0.717, 1.165) is 36.5 Å². The van der Waals surface area contributed by atoms with Crippen LogP contribution in [0.5, 0.6) is 0 Å². The summed E-state index contributed by atoms with van der Waals surface area (Å²) in [6.45, 7) is 0. The lowest BCUT2D eigenvalue weighted by atomic mass is 10.2. The fraction of sp³-hybridized carbons (Fsp3) is 0.150. The Kier molecular flexibility index (Phi) is 6.42. The monoisotopic (exact) mass is 472 g/mol. The molecule has 1 aromatic heterocycles. The van der Waals surface area contributed by atoms with Gasteiger partial charge in [0, 0.05) is 24.4 Å². The predicted molar refractivity (Wildman–Crippen MR) is 109 cm³/mol. The van der Waals surface area contributed by atoms with Crippen molar-refractivity contribution in [3.63, 3.8) is 0 Å². The topological polar surface area (TPSA) is 61.1 Å². The van der Waals surface area contributed by atoms with Crippen LogP contribution in [0.3, 0.4) is 0 Å². The summed E-state index contributed by atoms with van der Waals surface area (Å²) in [5.41, 5.74) is -4.32. The van der Waals surface area contributed by atoms with E-state index in [1.807, 2.05) is 0 Å². The quantitative estimate of drug-likeness (QED) is 0.527. The molecule has 162 valence electrons. The molecule has 0 fully saturated rings. The van der Waals surface area contributed by atoms with Crippen LogP contribution in [0.15, 0.2) is 58.1 Å². The summed E-state index contributed by atoms with van der Waals surface area (Å²) >= 11 is 6.83. The Morgan fingerprint density at radius 2 is 1.74 bits per heavy atom. The van der Waals surface area contributed by atoms with Gasteiger partial charge in [-0.3, -0.25) is 14.2 Å². The van der Waals surface area contributed by atoms with Crippen LogP contribution < -0.4 is 11.2 Å². The molecule has 0 aliphatic rings. The Bertz CT molecular complexity index is 1270. The van der Waals surface area contributed by atoms with Gasteiger partial charge in [-0.25, -0.2) is 13.8 Å². The van der Waals surface area contributed by atoms with Crippen LogP contribution in [0, 0.1) is 5.82 Å². The lowest BCUT2D eigenvalue weighted by Crippen LogP contribution is -2.41. The highest BCUT2D eigenvalue weighted by atomic mass is 35.5. The number of hydrogen-bond donors (Lipinski definition) is 0. The highest BCUT2D eigenvalue weighted by molar-refractivity contribution is 8.13. The number of carbonyl (C=O) groups is 1. The number of benzene rings is 2. The maximum Gasteiger partial charge on any atom is 0.431 e. The summed E-state index contributed by atoms with van der Waals surface area (Å²) in [6, 6.07) is 10.8. The van der Waals surface area contributed by atoms with E-state index >= 15 is 0 Å². The summed E-state index contributed by atoms with van der Waals surface area (Å²) in [7, 11) is 0.802. The molecule has 0 saturated carbocycles. The van der Waals surface area contributed by atoms with E-state index in [0.29, 0.717) is 0 Å². The molecule has 0 aliphatic heterocycles. The van der Waals surface area contributed by atoms with Gasteiger partial charge in [0.1, 0.15) is 11.5 Å². The summed E-state index contributed by atoms with van der Waals surface area (Å²) in [6.07, 6.45) is -4.96. The molecule has 0 saturated heterocycles. The van der Waals surface area contributed by atoms with Crippen molar-refractivity contribution >= 4 is 28.5 Å². The predicted octanol–water partition coefficient (Wildman–Crippen LogP) is 4.42. The van der Waals surface area contributed by atoms with Crippen LogP contribution in [0.4, 0.5) is 17.6 Å². The highest BCUT2D eigenvalue weighted by Gasteiger charge is 2.35. The van der Waals surface area contributed by atoms with Gasteiger partial charge in [0.2, 0.25) is 5.12 Å². The van der Waals surface area contributed by atoms with Crippen molar-refractivity contribution < 1.29 is 22.4 Å². The van der Waals surface area contributed by atoms with Gasteiger partial charge in [-0.15, -0.1) is 0 Å². The average Bonchev–Trinajstić information content (AvgIpc) is 2.70. The maximum atomic E-state index is 14.5. The molecule has 11 heteroatoms. The first-order valence-electron chi connectivity index (χ1n) is 8.61. The van der Waals surface area contributed by atoms with Crippen LogP contribution >= 0.6 is 23.4 Å². The summed E-state index contributed by atoms with van der Waals surface area (Å²) in [5, 5.41) is -0.824. The normalized spacial score (nSPS) is 11.5. The van der Waals surface area contributed by atoms with Crippen LogP contribution in [0.2, 0.25) is 5.02 Å². The molecule has 0 radical (unpaired) electrons. The zero-order chi connectivity index (χ0) is 22.9. The number of hydrogen-bond acceptors (Lipinski definition) is 4. The molecular weight excluding hydrogens is 460 g/mol. The Labute approximate surface area is 181 Å². The fourth-order valence-corrected chi connectivity index (χ4v) is 3.89. The standard InChI is InChI=1S/C20H13ClF4N2O3S/c1-26-16(20(23,24)25)9-17(28)27(19(26)30)15-7-12(13(21)8-14(15)22)18(29)31-10-11-5-3-2-4-6-11/h2-9H,10H2,1H3. The van der Waals surface area contributed by atoms with E-state index in [4.69, 9.17) is 11.6 Å². The SMILES string of the molecule is Cn1c(C(F)(F)F)cc(=O)n(-c2cc(C(=O)SCc3ccccc3)c(Cl)cc2F)c1=O. The van der Waals surface area contributed by atoms with Crippen molar-refractivity contribution in [2.45, 2.75) is 11.9 Å². The van der Waals surface area contributed by atoms with Gasteiger partial charge in [-0.1, -0.05) is 53.7 Å². The molecule has 0 aliphatic carbocycles. The van der Waals surface area contributed by atoms with Crippen LogP contribution in [0.1, 0.15) is 21.6 Å². The van der Waals surface area contributed by atoms with Gasteiger partial charge in [0.15, 0.2) is 0 Å². The highest BCUT2D eigenvalue weighted by Crippen LogP contribution is 2.29. The lowest BCUT2D eigenvalue weighted by Gasteiger charge is -2.15. The van der Waals surface area contributed by atoms with Crippen molar-refractivity contribution in [3.8, 4) is 5.69 Å². The first-order chi connectivity index (χ1) is 14.5. The van der Waals surface area contributed by atoms with Crippen LogP contribution in [0.25, 0.3) is 5.69 Å². The smallest absolute Gasteiger partial charge is 0.292 e. The number of rotatable bonds is 4.